The summed E-state index contributed by atoms with van der Waals surface area (Å²) >= 11 is 0.584. The van der Waals surface area contributed by atoms with Crippen LogP contribution < -0.4 is 4.74 Å². The van der Waals surface area contributed by atoms with Crippen molar-refractivity contribution in [1.82, 2.24) is 4.90 Å². The summed E-state index contributed by atoms with van der Waals surface area (Å²) in [6.07, 6.45) is 1.25. The van der Waals surface area contributed by atoms with Gasteiger partial charge in [-0.3, -0.25) is 29.4 Å². The largest absolute Gasteiger partial charge is 0.500 e. The van der Waals surface area contributed by atoms with Gasteiger partial charge in [0, 0.05) is 6.07 Å². The van der Waals surface area contributed by atoms with Crippen LogP contribution in [0.15, 0.2) is 17.0 Å². The number of nitro groups is 1. The van der Waals surface area contributed by atoms with Gasteiger partial charge in [-0.05, 0) is 36.4 Å². The van der Waals surface area contributed by atoms with Crippen molar-refractivity contribution in [3.63, 3.8) is 0 Å². The summed E-state index contributed by atoms with van der Waals surface area (Å²) < 4.78 is 9.58. The predicted octanol–water partition coefficient (Wildman–Crippen LogP) is 1.91. The molecule has 1 aliphatic heterocycles. The summed E-state index contributed by atoms with van der Waals surface area (Å²) in [6.45, 7) is 1.26. The van der Waals surface area contributed by atoms with E-state index in [1.54, 1.807) is 6.92 Å². The van der Waals surface area contributed by atoms with E-state index in [0.717, 1.165) is 13.2 Å². The maximum Gasteiger partial charge on any atom is 0.325 e. The van der Waals surface area contributed by atoms with Crippen molar-refractivity contribution in [2.75, 3.05) is 20.3 Å². The van der Waals surface area contributed by atoms with Gasteiger partial charge in [0.1, 0.15) is 6.54 Å². The number of hydrogen-bond donors (Lipinski definition) is 1. The smallest absolute Gasteiger partial charge is 0.325 e. The molecular formula is C15H14N2O8S. The van der Waals surface area contributed by atoms with Crippen molar-refractivity contribution in [2.24, 2.45) is 0 Å². The van der Waals surface area contributed by atoms with Crippen molar-refractivity contribution in [3.05, 3.63) is 32.7 Å². The molecule has 0 spiro atoms. The van der Waals surface area contributed by atoms with Crippen LogP contribution in [0.5, 0.6) is 11.5 Å². The number of carbonyl (C=O) groups is 3. The minimum atomic E-state index is -0.793. The average molecular weight is 382 g/mol. The zero-order chi connectivity index (χ0) is 19.4. The van der Waals surface area contributed by atoms with Crippen LogP contribution >= 0.6 is 11.8 Å². The molecule has 0 radical (unpaired) electrons. The lowest BCUT2D eigenvalue weighted by Gasteiger charge is -2.10. The van der Waals surface area contributed by atoms with E-state index in [0.29, 0.717) is 16.7 Å². The molecule has 1 aromatic carbocycles. The molecule has 0 aromatic heterocycles. The topological polar surface area (TPSA) is 136 Å². The van der Waals surface area contributed by atoms with E-state index >= 15 is 0 Å². The SMILES string of the molecule is CCOc1cc(/C=C2/SC(=O)N(CC(=O)OC)C2=O)cc([N+](=O)[O-])c1O. The van der Waals surface area contributed by atoms with Gasteiger partial charge in [-0.1, -0.05) is 0 Å². The van der Waals surface area contributed by atoms with Crippen LogP contribution in [-0.2, 0) is 14.3 Å². The van der Waals surface area contributed by atoms with Crippen LogP contribution in [0.25, 0.3) is 6.08 Å². The van der Waals surface area contributed by atoms with Gasteiger partial charge in [-0.15, -0.1) is 0 Å². The lowest BCUT2D eigenvalue weighted by Crippen LogP contribution is -2.34. The van der Waals surface area contributed by atoms with Crippen LogP contribution in [0.2, 0.25) is 0 Å². The zero-order valence-corrected chi connectivity index (χ0v) is 14.6. The first-order chi connectivity index (χ1) is 12.3. The summed E-state index contributed by atoms with van der Waals surface area (Å²) in [6, 6.07) is 2.35. The molecule has 2 rings (SSSR count). The van der Waals surface area contributed by atoms with Crippen LogP contribution in [0, 0.1) is 10.1 Å². The molecule has 0 atom stereocenters. The second kappa shape index (κ2) is 7.87. The van der Waals surface area contributed by atoms with E-state index in [1.165, 1.54) is 12.1 Å². The fourth-order valence-corrected chi connectivity index (χ4v) is 2.92. The minimum absolute atomic E-state index is 0.0265. The minimum Gasteiger partial charge on any atom is -0.500 e. The molecule has 0 bridgehead atoms. The third-order valence-electron chi connectivity index (χ3n) is 3.26. The maximum absolute atomic E-state index is 12.3. The lowest BCUT2D eigenvalue weighted by atomic mass is 10.1. The van der Waals surface area contributed by atoms with Crippen molar-refractivity contribution in [2.45, 2.75) is 6.92 Å². The standard InChI is InChI=1S/C15H14N2O8S/c1-3-25-10-5-8(4-9(13(10)19)17(22)23)6-11-14(20)16(15(21)26-11)7-12(18)24-2/h4-6,19H,3,7H2,1-2H3/b11-6+. The van der Waals surface area contributed by atoms with Gasteiger partial charge < -0.3 is 14.6 Å². The van der Waals surface area contributed by atoms with E-state index < -0.39 is 40.0 Å². The summed E-state index contributed by atoms with van der Waals surface area (Å²) in [7, 11) is 1.13. The Balaban J connectivity index is 2.40. The molecule has 0 unspecified atom stereocenters. The number of nitro benzene ring substituents is 1. The van der Waals surface area contributed by atoms with Crippen LogP contribution in [0.4, 0.5) is 10.5 Å². The predicted molar refractivity (Wildman–Crippen MR) is 90.6 cm³/mol. The number of benzene rings is 1. The number of thioether (sulfide) groups is 1. The quantitative estimate of drug-likeness (QED) is 0.338. The first-order valence-electron chi connectivity index (χ1n) is 7.24. The van der Waals surface area contributed by atoms with Gasteiger partial charge in [0.15, 0.2) is 5.75 Å². The van der Waals surface area contributed by atoms with E-state index in [9.17, 15) is 29.6 Å². The number of imide groups is 1. The summed E-state index contributed by atoms with van der Waals surface area (Å²) in [5.41, 5.74) is -0.419. The van der Waals surface area contributed by atoms with Gasteiger partial charge >= 0.3 is 11.7 Å². The summed E-state index contributed by atoms with van der Waals surface area (Å²) in [4.78, 5) is 46.4. The molecule has 1 aromatic rings. The number of amides is 2. The molecule has 11 heteroatoms. The van der Waals surface area contributed by atoms with Crippen molar-refractivity contribution < 1.29 is 33.9 Å². The highest BCUT2D eigenvalue weighted by molar-refractivity contribution is 8.18. The Morgan fingerprint density at radius 1 is 1.42 bits per heavy atom. The molecule has 10 nitrogen and oxygen atoms in total. The molecule has 26 heavy (non-hydrogen) atoms. The number of methoxy groups -OCH3 is 1. The Morgan fingerprint density at radius 3 is 2.69 bits per heavy atom. The van der Waals surface area contributed by atoms with E-state index in [1.807, 2.05) is 0 Å². The number of hydrogen-bond acceptors (Lipinski definition) is 9. The number of ether oxygens (including phenoxy) is 2. The van der Waals surface area contributed by atoms with Crippen LogP contribution in [0.3, 0.4) is 0 Å². The second-order valence-corrected chi connectivity index (χ2v) is 5.91. The first kappa shape index (κ1) is 19.2. The van der Waals surface area contributed by atoms with Crippen molar-refractivity contribution in [3.8, 4) is 11.5 Å². The number of nitrogens with zero attached hydrogens (tertiary/aromatic N) is 2. The molecule has 1 heterocycles. The number of phenolic OH excluding ortho intramolecular Hbond substituents is 1. The van der Waals surface area contributed by atoms with Gasteiger partial charge in [0.05, 0.1) is 23.5 Å². The molecule has 1 aliphatic rings. The number of rotatable bonds is 6. The Morgan fingerprint density at radius 2 is 2.12 bits per heavy atom. The number of aromatic hydroxyl groups is 1. The van der Waals surface area contributed by atoms with Gasteiger partial charge in [0.25, 0.3) is 11.1 Å². The Hall–Kier alpha value is -3.08. The van der Waals surface area contributed by atoms with Crippen molar-refractivity contribution in [1.29, 1.82) is 0 Å². The highest BCUT2D eigenvalue weighted by Gasteiger charge is 2.36. The molecule has 2 amide bonds. The average Bonchev–Trinajstić information content (AvgIpc) is 2.84. The summed E-state index contributed by atoms with van der Waals surface area (Å²) in [5, 5.41) is 20.3. The van der Waals surface area contributed by atoms with Gasteiger partial charge in [0.2, 0.25) is 5.75 Å². The molecule has 1 fully saturated rings. The van der Waals surface area contributed by atoms with Crippen molar-refractivity contribution >= 4 is 40.6 Å². The number of esters is 1. The maximum atomic E-state index is 12.3. The Labute approximate surface area is 151 Å². The summed E-state index contributed by atoms with van der Waals surface area (Å²) in [5.74, 6) is -2.24. The molecule has 0 saturated carbocycles. The molecule has 0 aliphatic carbocycles. The normalized spacial score (nSPS) is 15.5. The molecule has 1 saturated heterocycles. The number of carbonyl (C=O) groups excluding carboxylic acids is 3. The van der Waals surface area contributed by atoms with E-state index in [2.05, 4.69) is 4.74 Å². The Bertz CT molecular complexity index is 820. The third-order valence-corrected chi connectivity index (χ3v) is 4.17. The third kappa shape index (κ3) is 3.94. The van der Waals surface area contributed by atoms with Gasteiger partial charge in [-0.25, -0.2) is 0 Å². The van der Waals surface area contributed by atoms with Gasteiger partial charge in [-0.2, -0.15) is 0 Å². The second-order valence-electron chi connectivity index (χ2n) is 4.92. The zero-order valence-electron chi connectivity index (χ0n) is 13.8. The first-order valence-corrected chi connectivity index (χ1v) is 8.06. The highest BCUT2D eigenvalue weighted by Crippen LogP contribution is 2.39. The number of phenols is 1. The lowest BCUT2D eigenvalue weighted by molar-refractivity contribution is -0.386. The van der Waals surface area contributed by atoms with E-state index in [-0.39, 0.29) is 22.8 Å². The molecular weight excluding hydrogens is 368 g/mol. The fourth-order valence-electron chi connectivity index (χ4n) is 2.08. The van der Waals surface area contributed by atoms with Crippen LogP contribution in [-0.4, -0.2) is 52.3 Å². The molecule has 138 valence electrons. The monoisotopic (exact) mass is 382 g/mol. The Kier molecular flexibility index (Phi) is 5.82. The molecule has 1 N–H and O–H groups in total. The fraction of sp³-hybridized carbons (Fsp3) is 0.267. The van der Waals surface area contributed by atoms with E-state index in [4.69, 9.17) is 4.74 Å². The van der Waals surface area contributed by atoms with Crippen LogP contribution in [0.1, 0.15) is 12.5 Å². The highest BCUT2D eigenvalue weighted by atomic mass is 32.2.